The van der Waals surface area contributed by atoms with E-state index in [0.29, 0.717) is 0 Å². The fourth-order valence-corrected chi connectivity index (χ4v) is 5.83. The fraction of sp³-hybridized carbons (Fsp3) is 0.600. The van der Waals surface area contributed by atoms with Crippen LogP contribution >= 0.6 is 0 Å². The summed E-state index contributed by atoms with van der Waals surface area (Å²) in [6, 6.07) is 9.01. The summed E-state index contributed by atoms with van der Waals surface area (Å²) >= 11 is 0. The maximum Gasteiger partial charge on any atom is 0.0910 e. The summed E-state index contributed by atoms with van der Waals surface area (Å²) in [4.78, 5) is 0. The zero-order valence-electron chi connectivity index (χ0n) is 11.5. The van der Waals surface area contributed by atoms with Crippen LogP contribution in [-0.2, 0) is 6.42 Å². The van der Waals surface area contributed by atoms with Crippen LogP contribution in [0, 0.1) is 0 Å². The summed E-state index contributed by atoms with van der Waals surface area (Å²) < 4.78 is 0. The minimum Gasteiger partial charge on any atom is -0.396 e. The molecule has 0 amide bonds. The van der Waals surface area contributed by atoms with Gasteiger partial charge in [-0.3, -0.25) is 0 Å². The van der Waals surface area contributed by atoms with Crippen LogP contribution in [0.1, 0.15) is 39.7 Å². The first-order chi connectivity index (χ1) is 8.06. The fourth-order valence-electron chi connectivity index (χ4n) is 2.52. The molecule has 2 heteroatoms. The first kappa shape index (κ1) is 14.5. The predicted octanol–water partition coefficient (Wildman–Crippen LogP) is 3.13. The van der Waals surface area contributed by atoms with Gasteiger partial charge in [0.1, 0.15) is 0 Å². The Morgan fingerprint density at radius 1 is 1.12 bits per heavy atom. The Labute approximate surface area is 107 Å². The summed E-state index contributed by atoms with van der Waals surface area (Å²) in [5.41, 5.74) is 2.92. The Bertz CT molecular complexity index is 325. The highest BCUT2D eigenvalue weighted by molar-refractivity contribution is 6.75. The largest absolute Gasteiger partial charge is 0.396 e. The maximum atomic E-state index is 8.89. The average molecular weight is 249 g/mol. The Kier molecular flexibility index (Phi) is 5.93. The summed E-state index contributed by atoms with van der Waals surface area (Å²) in [6.45, 7) is 9.66. The molecule has 0 aromatic heterocycles. The van der Waals surface area contributed by atoms with Gasteiger partial charge in [0, 0.05) is 6.61 Å². The lowest BCUT2D eigenvalue weighted by atomic mass is 10.1. The lowest BCUT2D eigenvalue weighted by Gasteiger charge is -2.23. The molecule has 0 bridgehead atoms. The SMILES string of the molecule is CC(C)[Si](c1cccc(CCCO)c1)C(C)C. The molecule has 0 heterocycles. The van der Waals surface area contributed by atoms with Crippen molar-refractivity contribution in [3.8, 4) is 0 Å². The standard InChI is InChI=1S/C15H25OSi/c1-12(2)17(13(3)4)15-9-5-7-14(11-15)8-6-10-16/h5,7,9,11-13,16H,6,8,10H2,1-4H3. The molecule has 0 saturated carbocycles. The van der Waals surface area contributed by atoms with Gasteiger partial charge in [-0.15, -0.1) is 0 Å². The first-order valence-corrected chi connectivity index (χ1v) is 8.28. The Balaban J connectivity index is 2.88. The van der Waals surface area contributed by atoms with Gasteiger partial charge in [0.15, 0.2) is 0 Å². The Hall–Kier alpha value is -0.603. The van der Waals surface area contributed by atoms with E-state index in [-0.39, 0.29) is 6.61 Å². The Morgan fingerprint density at radius 2 is 1.76 bits per heavy atom. The molecule has 1 aromatic rings. The first-order valence-electron chi connectivity index (χ1n) is 6.63. The number of aliphatic hydroxyl groups excluding tert-OH is 1. The zero-order chi connectivity index (χ0) is 12.8. The van der Waals surface area contributed by atoms with Crippen molar-refractivity contribution in [3.63, 3.8) is 0 Å². The number of aryl methyl sites for hydroxylation is 1. The van der Waals surface area contributed by atoms with Crippen molar-refractivity contribution in [2.24, 2.45) is 0 Å². The molecule has 0 atom stereocenters. The van der Waals surface area contributed by atoms with E-state index in [9.17, 15) is 0 Å². The summed E-state index contributed by atoms with van der Waals surface area (Å²) in [6.07, 6.45) is 1.87. The summed E-state index contributed by atoms with van der Waals surface area (Å²) in [7, 11) is -0.465. The van der Waals surface area contributed by atoms with Crippen molar-refractivity contribution in [2.75, 3.05) is 6.61 Å². The molecule has 1 aromatic carbocycles. The quantitative estimate of drug-likeness (QED) is 0.768. The number of hydrogen-bond acceptors (Lipinski definition) is 1. The third-order valence-corrected chi connectivity index (χ3v) is 6.59. The lowest BCUT2D eigenvalue weighted by molar-refractivity contribution is 0.288. The molecule has 0 aliphatic heterocycles. The predicted molar refractivity (Wildman–Crippen MR) is 77.4 cm³/mol. The number of rotatable bonds is 6. The molecular weight excluding hydrogens is 224 g/mol. The Morgan fingerprint density at radius 3 is 2.29 bits per heavy atom. The molecule has 0 fully saturated rings. The molecule has 0 aliphatic carbocycles. The molecule has 1 rings (SSSR count). The van der Waals surface area contributed by atoms with Crippen LogP contribution in [0.25, 0.3) is 0 Å². The van der Waals surface area contributed by atoms with Crippen LogP contribution in [-0.4, -0.2) is 20.5 Å². The van der Waals surface area contributed by atoms with E-state index < -0.39 is 8.80 Å². The highest BCUT2D eigenvalue weighted by Crippen LogP contribution is 2.20. The molecule has 17 heavy (non-hydrogen) atoms. The van der Waals surface area contributed by atoms with Crippen LogP contribution in [0.5, 0.6) is 0 Å². The highest BCUT2D eigenvalue weighted by Gasteiger charge is 2.21. The molecule has 0 aliphatic rings. The van der Waals surface area contributed by atoms with Crippen LogP contribution < -0.4 is 5.19 Å². The number of aliphatic hydroxyl groups is 1. The van der Waals surface area contributed by atoms with Crippen molar-refractivity contribution in [2.45, 2.75) is 51.6 Å². The van der Waals surface area contributed by atoms with Crippen molar-refractivity contribution in [1.82, 2.24) is 0 Å². The monoisotopic (exact) mass is 249 g/mol. The van der Waals surface area contributed by atoms with Gasteiger partial charge in [0.25, 0.3) is 0 Å². The molecule has 0 saturated heterocycles. The van der Waals surface area contributed by atoms with Gasteiger partial charge >= 0.3 is 0 Å². The maximum absolute atomic E-state index is 8.89. The van der Waals surface area contributed by atoms with Crippen LogP contribution in [0.4, 0.5) is 0 Å². The van der Waals surface area contributed by atoms with Crippen molar-refractivity contribution < 1.29 is 5.11 Å². The summed E-state index contributed by atoms with van der Waals surface area (Å²) in [5, 5.41) is 10.4. The molecule has 0 spiro atoms. The van der Waals surface area contributed by atoms with Crippen LogP contribution in [0.3, 0.4) is 0 Å². The zero-order valence-corrected chi connectivity index (χ0v) is 12.5. The van der Waals surface area contributed by atoms with Crippen molar-refractivity contribution >= 4 is 14.0 Å². The van der Waals surface area contributed by atoms with E-state index in [1.54, 1.807) is 5.19 Å². The van der Waals surface area contributed by atoms with Gasteiger partial charge in [-0.25, -0.2) is 0 Å². The van der Waals surface area contributed by atoms with Gasteiger partial charge in [0.05, 0.1) is 8.80 Å². The number of hydrogen-bond donors (Lipinski definition) is 1. The molecule has 1 nitrogen and oxygen atoms in total. The second kappa shape index (κ2) is 6.97. The third kappa shape index (κ3) is 4.28. The molecule has 95 valence electrons. The smallest absolute Gasteiger partial charge is 0.0910 e. The van der Waals surface area contributed by atoms with E-state index in [1.807, 2.05) is 0 Å². The van der Waals surface area contributed by atoms with E-state index in [0.717, 1.165) is 23.9 Å². The van der Waals surface area contributed by atoms with Crippen LogP contribution in [0.15, 0.2) is 24.3 Å². The van der Waals surface area contributed by atoms with Gasteiger partial charge < -0.3 is 5.11 Å². The normalized spacial score (nSPS) is 11.8. The van der Waals surface area contributed by atoms with Gasteiger partial charge in [-0.05, 0) is 29.5 Å². The van der Waals surface area contributed by atoms with Gasteiger partial charge in [-0.2, -0.15) is 0 Å². The van der Waals surface area contributed by atoms with Crippen molar-refractivity contribution in [1.29, 1.82) is 0 Å². The second-order valence-electron chi connectivity index (χ2n) is 5.29. The third-order valence-electron chi connectivity index (χ3n) is 3.13. The van der Waals surface area contributed by atoms with Gasteiger partial charge in [0.2, 0.25) is 0 Å². The average Bonchev–Trinajstić information content (AvgIpc) is 2.26. The minimum absolute atomic E-state index is 0.288. The van der Waals surface area contributed by atoms with Crippen LogP contribution in [0.2, 0.25) is 11.1 Å². The van der Waals surface area contributed by atoms with E-state index >= 15 is 0 Å². The summed E-state index contributed by atoms with van der Waals surface area (Å²) in [5.74, 6) is 0. The lowest BCUT2D eigenvalue weighted by Crippen LogP contribution is -2.36. The van der Waals surface area contributed by atoms with E-state index in [2.05, 4.69) is 52.0 Å². The molecular formula is C15H25OSi. The molecule has 1 N–H and O–H groups in total. The van der Waals surface area contributed by atoms with Crippen molar-refractivity contribution in [3.05, 3.63) is 29.8 Å². The number of benzene rings is 1. The molecule has 0 unspecified atom stereocenters. The van der Waals surface area contributed by atoms with Gasteiger partial charge in [-0.1, -0.05) is 57.1 Å². The topological polar surface area (TPSA) is 20.2 Å². The minimum atomic E-state index is -0.465. The highest BCUT2D eigenvalue weighted by atomic mass is 28.3. The molecule has 1 radical (unpaired) electrons. The van der Waals surface area contributed by atoms with E-state index in [1.165, 1.54) is 5.56 Å². The second-order valence-corrected chi connectivity index (χ2v) is 9.09. The van der Waals surface area contributed by atoms with E-state index in [4.69, 9.17) is 5.11 Å².